The Morgan fingerprint density at radius 2 is 1.78 bits per heavy atom. The van der Waals surface area contributed by atoms with E-state index >= 15 is 0 Å². The fourth-order valence-electron chi connectivity index (χ4n) is 3.36. The Labute approximate surface area is 180 Å². The molecular weight excluding hydrogens is 420 g/mol. The number of fused-ring (bicyclic) bond motifs is 1. The standard InChI is InChI=1S/C21H17F2N7O2/c1-10-5-14-15(17(24)31)7-13(23)8-16(14)30(10)21-28-19(18(25)32)27-20(29-21)26-9-11-3-2-4-12(22)6-11/h2-8H,9H2,1H3,(H2,24,31)(H2,25,32)(H,26,27,28,29). The van der Waals surface area contributed by atoms with Crippen LogP contribution in [0.3, 0.4) is 0 Å². The molecule has 0 aliphatic rings. The molecule has 11 heteroatoms. The number of primary amides is 2. The number of nitrogens with two attached hydrogens (primary N) is 2. The van der Waals surface area contributed by atoms with E-state index in [0.717, 1.165) is 6.07 Å². The lowest BCUT2D eigenvalue weighted by Gasteiger charge is -2.11. The summed E-state index contributed by atoms with van der Waals surface area (Å²) in [6.07, 6.45) is 0. The second kappa shape index (κ2) is 8.02. The first-order chi connectivity index (χ1) is 15.2. The molecule has 4 aromatic rings. The molecule has 0 bridgehead atoms. The summed E-state index contributed by atoms with van der Waals surface area (Å²) in [5, 5.41) is 3.29. The number of anilines is 1. The number of rotatable bonds is 6. The summed E-state index contributed by atoms with van der Waals surface area (Å²) < 4.78 is 29.1. The van der Waals surface area contributed by atoms with E-state index in [2.05, 4.69) is 20.3 Å². The van der Waals surface area contributed by atoms with Crippen LogP contribution < -0.4 is 16.8 Å². The molecule has 0 saturated heterocycles. The van der Waals surface area contributed by atoms with Crippen molar-refractivity contribution in [3.8, 4) is 5.95 Å². The average Bonchev–Trinajstić information content (AvgIpc) is 3.06. The van der Waals surface area contributed by atoms with Crippen LogP contribution in [-0.4, -0.2) is 31.3 Å². The topological polar surface area (TPSA) is 142 Å². The van der Waals surface area contributed by atoms with E-state index in [1.54, 1.807) is 25.1 Å². The minimum Gasteiger partial charge on any atom is -0.366 e. The summed E-state index contributed by atoms with van der Waals surface area (Å²) in [5.74, 6) is -3.13. The van der Waals surface area contributed by atoms with Gasteiger partial charge in [-0.25, -0.2) is 8.78 Å². The summed E-state index contributed by atoms with van der Waals surface area (Å²) in [5.41, 5.74) is 12.2. The molecule has 0 aliphatic carbocycles. The highest BCUT2D eigenvalue weighted by Crippen LogP contribution is 2.27. The number of carbonyl (C=O) groups is 2. The van der Waals surface area contributed by atoms with Crippen molar-refractivity contribution in [2.45, 2.75) is 13.5 Å². The molecule has 2 aromatic carbocycles. The molecule has 0 unspecified atom stereocenters. The van der Waals surface area contributed by atoms with Crippen LogP contribution in [0.25, 0.3) is 16.9 Å². The monoisotopic (exact) mass is 437 g/mol. The van der Waals surface area contributed by atoms with Crippen LogP contribution in [-0.2, 0) is 6.54 Å². The predicted molar refractivity (Wildman–Crippen MR) is 112 cm³/mol. The third kappa shape index (κ3) is 3.95. The third-order valence-electron chi connectivity index (χ3n) is 4.72. The maximum Gasteiger partial charge on any atom is 0.286 e. The van der Waals surface area contributed by atoms with Gasteiger partial charge in [0.15, 0.2) is 0 Å². The number of carbonyl (C=O) groups excluding carboxylic acids is 2. The molecule has 0 saturated carbocycles. The first-order valence-electron chi connectivity index (χ1n) is 9.39. The van der Waals surface area contributed by atoms with Crippen molar-refractivity contribution in [2.24, 2.45) is 11.5 Å². The number of aryl methyl sites for hydroxylation is 1. The summed E-state index contributed by atoms with van der Waals surface area (Å²) in [6.45, 7) is 1.85. The van der Waals surface area contributed by atoms with Crippen molar-refractivity contribution in [3.05, 3.63) is 76.7 Å². The molecule has 2 aromatic heterocycles. The van der Waals surface area contributed by atoms with Crippen molar-refractivity contribution in [1.29, 1.82) is 0 Å². The molecule has 5 N–H and O–H groups in total. The van der Waals surface area contributed by atoms with E-state index in [4.69, 9.17) is 11.5 Å². The number of hydrogen-bond donors (Lipinski definition) is 3. The molecule has 32 heavy (non-hydrogen) atoms. The summed E-state index contributed by atoms with van der Waals surface area (Å²) in [6, 6.07) is 9.77. The van der Waals surface area contributed by atoms with Gasteiger partial charge in [0, 0.05) is 17.6 Å². The van der Waals surface area contributed by atoms with E-state index in [9.17, 15) is 18.4 Å². The fraction of sp³-hybridized carbons (Fsp3) is 0.0952. The molecule has 9 nitrogen and oxygen atoms in total. The van der Waals surface area contributed by atoms with E-state index in [1.807, 2.05) is 0 Å². The molecule has 2 amide bonds. The molecule has 0 spiro atoms. The largest absolute Gasteiger partial charge is 0.366 e. The van der Waals surface area contributed by atoms with Crippen LogP contribution in [0.1, 0.15) is 32.2 Å². The summed E-state index contributed by atoms with van der Waals surface area (Å²) in [4.78, 5) is 36.0. The molecule has 0 radical (unpaired) electrons. The quantitative estimate of drug-likeness (QED) is 0.422. The maximum atomic E-state index is 14.2. The molecule has 0 fully saturated rings. The number of aromatic nitrogens is 4. The Kier molecular flexibility index (Phi) is 5.23. The van der Waals surface area contributed by atoms with Gasteiger partial charge in [0.05, 0.1) is 11.1 Å². The normalized spacial score (nSPS) is 11.0. The van der Waals surface area contributed by atoms with Gasteiger partial charge in [0.2, 0.25) is 23.6 Å². The van der Waals surface area contributed by atoms with Gasteiger partial charge in [-0.15, -0.1) is 0 Å². The van der Waals surface area contributed by atoms with Crippen molar-refractivity contribution < 1.29 is 18.4 Å². The zero-order chi connectivity index (χ0) is 23.0. The van der Waals surface area contributed by atoms with Crippen molar-refractivity contribution in [1.82, 2.24) is 19.5 Å². The van der Waals surface area contributed by atoms with Crippen LogP contribution in [0.15, 0.2) is 42.5 Å². The van der Waals surface area contributed by atoms with Gasteiger partial charge >= 0.3 is 0 Å². The van der Waals surface area contributed by atoms with Crippen molar-refractivity contribution in [3.63, 3.8) is 0 Å². The van der Waals surface area contributed by atoms with Gasteiger partial charge in [-0.05, 0) is 42.8 Å². The van der Waals surface area contributed by atoms with Gasteiger partial charge < -0.3 is 16.8 Å². The molecule has 2 heterocycles. The maximum absolute atomic E-state index is 14.2. The smallest absolute Gasteiger partial charge is 0.286 e. The van der Waals surface area contributed by atoms with Crippen LogP contribution in [0, 0.1) is 18.6 Å². The summed E-state index contributed by atoms with van der Waals surface area (Å²) >= 11 is 0. The van der Waals surface area contributed by atoms with Gasteiger partial charge in [-0.2, -0.15) is 15.0 Å². The second-order valence-corrected chi connectivity index (χ2v) is 7.00. The van der Waals surface area contributed by atoms with Gasteiger partial charge in [0.25, 0.3) is 5.91 Å². The fourth-order valence-corrected chi connectivity index (χ4v) is 3.36. The van der Waals surface area contributed by atoms with E-state index in [-0.39, 0.29) is 35.3 Å². The zero-order valence-electron chi connectivity index (χ0n) is 16.8. The number of halogens is 2. The lowest BCUT2D eigenvalue weighted by molar-refractivity contribution is 0.0986. The average molecular weight is 437 g/mol. The van der Waals surface area contributed by atoms with Crippen LogP contribution in [0.4, 0.5) is 14.7 Å². The minimum atomic E-state index is -0.902. The lowest BCUT2D eigenvalue weighted by Crippen LogP contribution is -2.20. The zero-order valence-corrected chi connectivity index (χ0v) is 16.8. The Balaban J connectivity index is 1.83. The molecular formula is C21H17F2N7O2. The lowest BCUT2D eigenvalue weighted by atomic mass is 10.1. The van der Waals surface area contributed by atoms with Crippen molar-refractivity contribution >= 4 is 28.7 Å². The van der Waals surface area contributed by atoms with E-state index in [0.29, 0.717) is 16.6 Å². The Morgan fingerprint density at radius 1 is 1.00 bits per heavy atom. The van der Waals surface area contributed by atoms with E-state index < -0.39 is 23.4 Å². The first-order valence-corrected chi connectivity index (χ1v) is 9.39. The second-order valence-electron chi connectivity index (χ2n) is 7.00. The molecule has 4 rings (SSSR count). The number of amides is 2. The minimum absolute atomic E-state index is 0.000777. The predicted octanol–water partition coefficient (Wildman–Crippen LogP) is 2.21. The van der Waals surface area contributed by atoms with Gasteiger partial charge in [-0.3, -0.25) is 14.2 Å². The molecule has 0 atom stereocenters. The van der Waals surface area contributed by atoms with Gasteiger partial charge in [-0.1, -0.05) is 12.1 Å². The Bertz CT molecular complexity index is 1380. The highest BCUT2D eigenvalue weighted by atomic mass is 19.1. The van der Waals surface area contributed by atoms with Gasteiger partial charge in [0.1, 0.15) is 11.6 Å². The number of nitrogens with zero attached hydrogens (tertiary/aromatic N) is 4. The van der Waals surface area contributed by atoms with Crippen LogP contribution in [0.2, 0.25) is 0 Å². The highest BCUT2D eigenvalue weighted by Gasteiger charge is 2.19. The Morgan fingerprint density at radius 3 is 2.47 bits per heavy atom. The highest BCUT2D eigenvalue weighted by molar-refractivity contribution is 6.06. The third-order valence-corrected chi connectivity index (χ3v) is 4.72. The number of benzene rings is 2. The summed E-state index contributed by atoms with van der Waals surface area (Å²) in [7, 11) is 0. The SMILES string of the molecule is Cc1cc2c(C(N)=O)cc(F)cc2n1-c1nc(NCc2cccc(F)c2)nc(C(N)=O)n1. The number of hydrogen-bond acceptors (Lipinski definition) is 6. The molecule has 0 aliphatic heterocycles. The van der Waals surface area contributed by atoms with Crippen LogP contribution >= 0.6 is 0 Å². The number of nitrogens with one attached hydrogen (secondary N) is 1. The molecule has 162 valence electrons. The Hall–Kier alpha value is -4.41. The van der Waals surface area contributed by atoms with Crippen molar-refractivity contribution in [2.75, 3.05) is 5.32 Å². The first kappa shape index (κ1) is 20.8. The van der Waals surface area contributed by atoms with Crippen LogP contribution in [0.5, 0.6) is 0 Å². The van der Waals surface area contributed by atoms with E-state index in [1.165, 1.54) is 22.8 Å².